The molecule has 30 heavy (non-hydrogen) atoms. The largest absolute Gasteiger partial charge is 0.493 e. The quantitative estimate of drug-likeness (QED) is 0.522. The van der Waals surface area contributed by atoms with Crippen LogP contribution in [0.3, 0.4) is 0 Å². The zero-order valence-electron chi connectivity index (χ0n) is 18.1. The predicted octanol–water partition coefficient (Wildman–Crippen LogP) is 3.91. The number of hydrogen-bond acceptors (Lipinski definition) is 6. The molecule has 2 aromatic rings. The van der Waals surface area contributed by atoms with Crippen LogP contribution in [0.5, 0.6) is 17.2 Å². The Balaban J connectivity index is 2.03. The van der Waals surface area contributed by atoms with Crippen LogP contribution < -0.4 is 19.5 Å². The molecular formula is C23H27NO6. The van der Waals surface area contributed by atoms with Crippen molar-refractivity contribution in [3.8, 4) is 17.2 Å². The first-order valence-electron chi connectivity index (χ1n) is 9.35. The molecule has 0 saturated heterocycles. The number of benzene rings is 2. The summed E-state index contributed by atoms with van der Waals surface area (Å²) in [5.41, 5.74) is 3.36. The number of methoxy groups -OCH3 is 3. The maximum Gasteiger partial charge on any atom is 0.331 e. The molecule has 1 N–H and O–H groups in total. The van der Waals surface area contributed by atoms with Crippen LogP contribution >= 0.6 is 0 Å². The van der Waals surface area contributed by atoms with Crippen LogP contribution in [0, 0.1) is 13.8 Å². The number of nitrogens with one attached hydrogen (secondary N) is 1. The van der Waals surface area contributed by atoms with E-state index in [0.29, 0.717) is 28.5 Å². The highest BCUT2D eigenvalue weighted by atomic mass is 16.5. The maximum atomic E-state index is 12.3. The van der Waals surface area contributed by atoms with Gasteiger partial charge >= 0.3 is 5.97 Å². The van der Waals surface area contributed by atoms with Gasteiger partial charge in [-0.3, -0.25) is 4.79 Å². The third kappa shape index (κ3) is 5.76. The smallest absolute Gasteiger partial charge is 0.331 e. The van der Waals surface area contributed by atoms with E-state index in [1.54, 1.807) is 18.2 Å². The summed E-state index contributed by atoms with van der Waals surface area (Å²) in [7, 11) is 4.53. The molecule has 0 radical (unpaired) electrons. The highest BCUT2D eigenvalue weighted by molar-refractivity contribution is 5.97. The van der Waals surface area contributed by atoms with Gasteiger partial charge in [0.25, 0.3) is 5.91 Å². The first kappa shape index (κ1) is 22.8. The number of rotatable bonds is 8. The second kappa shape index (κ2) is 10.3. The van der Waals surface area contributed by atoms with Gasteiger partial charge in [-0.25, -0.2) is 4.79 Å². The van der Waals surface area contributed by atoms with Crippen molar-refractivity contribution in [1.82, 2.24) is 0 Å². The van der Waals surface area contributed by atoms with Crippen LogP contribution in [-0.2, 0) is 14.3 Å². The molecule has 0 bridgehead atoms. The number of aryl methyl sites for hydroxylation is 2. The lowest BCUT2D eigenvalue weighted by molar-refractivity contribution is -0.148. The van der Waals surface area contributed by atoms with Gasteiger partial charge in [0.15, 0.2) is 17.6 Å². The van der Waals surface area contributed by atoms with Crippen molar-refractivity contribution in [2.24, 2.45) is 0 Å². The van der Waals surface area contributed by atoms with E-state index in [4.69, 9.17) is 18.9 Å². The zero-order valence-corrected chi connectivity index (χ0v) is 18.1. The Morgan fingerprint density at radius 1 is 0.967 bits per heavy atom. The Kier molecular flexibility index (Phi) is 7.86. The molecule has 2 rings (SSSR count). The molecule has 1 amide bonds. The number of hydrogen-bond donors (Lipinski definition) is 1. The number of amides is 1. The molecule has 0 fully saturated rings. The van der Waals surface area contributed by atoms with Crippen molar-refractivity contribution in [3.63, 3.8) is 0 Å². The van der Waals surface area contributed by atoms with Crippen molar-refractivity contribution in [1.29, 1.82) is 0 Å². The van der Waals surface area contributed by atoms with Crippen LogP contribution in [0.15, 0.2) is 36.4 Å². The first-order valence-corrected chi connectivity index (χ1v) is 9.35. The second-order valence-corrected chi connectivity index (χ2v) is 6.68. The third-order valence-electron chi connectivity index (χ3n) is 4.40. The van der Waals surface area contributed by atoms with Gasteiger partial charge in [-0.2, -0.15) is 0 Å². The lowest BCUT2D eigenvalue weighted by Gasteiger charge is -2.14. The van der Waals surface area contributed by atoms with Crippen molar-refractivity contribution >= 4 is 23.6 Å². The summed E-state index contributed by atoms with van der Waals surface area (Å²) in [5.74, 6) is 0.331. The minimum absolute atomic E-state index is 0.406. The first-order chi connectivity index (χ1) is 14.3. The van der Waals surface area contributed by atoms with E-state index < -0.39 is 18.0 Å². The molecule has 0 aliphatic rings. The Bertz CT molecular complexity index is 926. The number of ether oxygens (including phenoxy) is 4. The third-order valence-corrected chi connectivity index (χ3v) is 4.40. The van der Waals surface area contributed by atoms with Gasteiger partial charge in [-0.1, -0.05) is 17.7 Å². The molecule has 7 heteroatoms. The summed E-state index contributed by atoms with van der Waals surface area (Å²) in [6, 6.07) is 9.08. The molecule has 0 aromatic heterocycles. The molecule has 0 aliphatic carbocycles. The highest BCUT2D eigenvalue weighted by Gasteiger charge is 2.18. The normalized spacial score (nSPS) is 11.7. The molecular weight excluding hydrogens is 386 g/mol. The van der Waals surface area contributed by atoms with Gasteiger partial charge in [0, 0.05) is 11.8 Å². The summed E-state index contributed by atoms with van der Waals surface area (Å²) in [6.07, 6.45) is 1.83. The SMILES string of the molecule is COc1cc(/C=C/C(=O)O[C@H](C)C(=O)Nc2ccc(C)cc2C)cc(OC)c1OC. The van der Waals surface area contributed by atoms with E-state index in [9.17, 15) is 9.59 Å². The number of esters is 1. The molecule has 0 saturated carbocycles. The molecule has 0 aliphatic heterocycles. The van der Waals surface area contributed by atoms with E-state index in [0.717, 1.165) is 11.1 Å². The minimum atomic E-state index is -0.956. The fourth-order valence-electron chi connectivity index (χ4n) is 2.82. The number of carbonyl (C=O) groups excluding carboxylic acids is 2. The molecule has 0 spiro atoms. The summed E-state index contributed by atoms with van der Waals surface area (Å²) in [5, 5.41) is 2.77. The Hall–Kier alpha value is -3.48. The standard InChI is InChI=1S/C23H27NO6/c1-14-7-9-18(15(2)11-14)24-23(26)16(3)30-21(25)10-8-17-12-19(27-4)22(29-6)20(13-17)28-5/h7-13,16H,1-6H3,(H,24,26)/b10-8+/t16-/m1/s1. The molecule has 1 atom stereocenters. The van der Waals surface area contributed by atoms with Gasteiger partial charge in [-0.15, -0.1) is 0 Å². The van der Waals surface area contributed by atoms with Crippen molar-refractivity contribution in [2.45, 2.75) is 26.9 Å². The Labute approximate surface area is 176 Å². The van der Waals surface area contributed by atoms with Gasteiger partial charge in [0.2, 0.25) is 5.75 Å². The second-order valence-electron chi connectivity index (χ2n) is 6.68. The maximum absolute atomic E-state index is 12.3. The summed E-state index contributed by atoms with van der Waals surface area (Å²) >= 11 is 0. The number of anilines is 1. The molecule has 160 valence electrons. The monoisotopic (exact) mass is 413 g/mol. The fourth-order valence-corrected chi connectivity index (χ4v) is 2.82. The van der Waals surface area contributed by atoms with Crippen LogP contribution in [0.25, 0.3) is 6.08 Å². The summed E-state index contributed by atoms with van der Waals surface area (Å²) < 4.78 is 21.0. The molecule has 0 heterocycles. The highest BCUT2D eigenvalue weighted by Crippen LogP contribution is 2.38. The molecule has 2 aromatic carbocycles. The van der Waals surface area contributed by atoms with Gasteiger partial charge < -0.3 is 24.3 Å². The Morgan fingerprint density at radius 3 is 2.13 bits per heavy atom. The van der Waals surface area contributed by atoms with Crippen LogP contribution in [0.4, 0.5) is 5.69 Å². The average Bonchev–Trinajstić information content (AvgIpc) is 2.73. The van der Waals surface area contributed by atoms with Crippen molar-refractivity contribution in [2.75, 3.05) is 26.6 Å². The van der Waals surface area contributed by atoms with Crippen molar-refractivity contribution in [3.05, 3.63) is 53.1 Å². The zero-order chi connectivity index (χ0) is 22.3. The average molecular weight is 413 g/mol. The van der Waals surface area contributed by atoms with Crippen LogP contribution in [0.2, 0.25) is 0 Å². The molecule has 0 unspecified atom stereocenters. The lowest BCUT2D eigenvalue weighted by atomic mass is 10.1. The summed E-state index contributed by atoms with van der Waals surface area (Å²) in [4.78, 5) is 24.5. The van der Waals surface area contributed by atoms with E-state index in [1.807, 2.05) is 32.0 Å². The lowest BCUT2D eigenvalue weighted by Crippen LogP contribution is -2.29. The Morgan fingerprint density at radius 2 is 1.60 bits per heavy atom. The topological polar surface area (TPSA) is 83.1 Å². The minimum Gasteiger partial charge on any atom is -0.493 e. The van der Waals surface area contributed by atoms with Gasteiger partial charge in [0.05, 0.1) is 21.3 Å². The van der Waals surface area contributed by atoms with Gasteiger partial charge in [-0.05, 0) is 56.2 Å². The van der Waals surface area contributed by atoms with Crippen LogP contribution in [0.1, 0.15) is 23.6 Å². The van der Waals surface area contributed by atoms with Gasteiger partial charge in [0.1, 0.15) is 0 Å². The van der Waals surface area contributed by atoms with E-state index >= 15 is 0 Å². The molecule has 7 nitrogen and oxygen atoms in total. The van der Waals surface area contributed by atoms with Crippen LogP contribution in [-0.4, -0.2) is 39.3 Å². The van der Waals surface area contributed by atoms with Crippen molar-refractivity contribution < 1.29 is 28.5 Å². The summed E-state index contributed by atoms with van der Waals surface area (Å²) in [6.45, 7) is 5.40. The van der Waals surface area contributed by atoms with E-state index in [2.05, 4.69) is 5.32 Å². The van der Waals surface area contributed by atoms with E-state index in [-0.39, 0.29) is 0 Å². The number of carbonyl (C=O) groups is 2. The van der Waals surface area contributed by atoms with E-state index in [1.165, 1.54) is 34.3 Å². The predicted molar refractivity (Wildman–Crippen MR) is 115 cm³/mol. The fraction of sp³-hybridized carbons (Fsp3) is 0.304.